The number of hydrogen-bond acceptors (Lipinski definition) is 4. The zero-order valence-corrected chi connectivity index (χ0v) is 12.3. The molecule has 1 aliphatic rings. The summed E-state index contributed by atoms with van der Waals surface area (Å²) >= 11 is 0. The highest BCUT2D eigenvalue weighted by molar-refractivity contribution is 5.79. The lowest BCUT2D eigenvalue weighted by atomic mass is 10.1. The fourth-order valence-electron chi connectivity index (χ4n) is 2.54. The van der Waals surface area contributed by atoms with Gasteiger partial charge in [0.1, 0.15) is 0 Å². The second-order valence-corrected chi connectivity index (χ2v) is 5.81. The molecule has 1 saturated heterocycles. The molecule has 0 aliphatic carbocycles. The molecule has 0 spiro atoms. The number of benzene rings is 1. The Hall–Kier alpha value is -2.17. The summed E-state index contributed by atoms with van der Waals surface area (Å²) in [6.45, 7) is 5.33. The smallest absolute Gasteiger partial charge is 0.232 e. The number of hydrogen-bond donors (Lipinski definition) is 0. The largest absolute Gasteiger partial charge is 0.339 e. The van der Waals surface area contributed by atoms with Crippen LogP contribution < -0.4 is 0 Å². The van der Waals surface area contributed by atoms with Gasteiger partial charge in [-0.1, -0.05) is 49.3 Å². The SMILES string of the molecule is CC(C)c1noc(C2CC(=O)N(Cc3ccccc3)C2)n1. The Balaban J connectivity index is 1.69. The van der Waals surface area contributed by atoms with Gasteiger partial charge in [-0.3, -0.25) is 4.79 Å². The summed E-state index contributed by atoms with van der Waals surface area (Å²) in [5, 5.41) is 3.98. The summed E-state index contributed by atoms with van der Waals surface area (Å²) in [7, 11) is 0. The van der Waals surface area contributed by atoms with Gasteiger partial charge >= 0.3 is 0 Å². The van der Waals surface area contributed by atoms with E-state index in [1.54, 1.807) is 0 Å². The van der Waals surface area contributed by atoms with Crippen molar-refractivity contribution in [1.29, 1.82) is 0 Å². The first kappa shape index (κ1) is 13.8. The summed E-state index contributed by atoms with van der Waals surface area (Å²) in [6, 6.07) is 10.0. The maximum absolute atomic E-state index is 12.1. The summed E-state index contributed by atoms with van der Waals surface area (Å²) in [4.78, 5) is 18.4. The number of rotatable bonds is 4. The van der Waals surface area contributed by atoms with E-state index >= 15 is 0 Å². The number of amides is 1. The zero-order valence-electron chi connectivity index (χ0n) is 12.3. The Morgan fingerprint density at radius 2 is 2.10 bits per heavy atom. The van der Waals surface area contributed by atoms with Crippen molar-refractivity contribution in [1.82, 2.24) is 15.0 Å². The molecule has 1 aromatic carbocycles. The third-order valence-corrected chi connectivity index (χ3v) is 3.75. The van der Waals surface area contributed by atoms with Crippen molar-refractivity contribution in [2.75, 3.05) is 6.54 Å². The molecule has 1 unspecified atom stereocenters. The van der Waals surface area contributed by atoms with E-state index in [1.807, 2.05) is 49.1 Å². The standard InChI is InChI=1S/C16H19N3O2/c1-11(2)15-17-16(21-18-15)13-8-14(20)19(10-13)9-12-6-4-3-5-7-12/h3-7,11,13H,8-10H2,1-2H3. The first-order valence-electron chi connectivity index (χ1n) is 7.28. The second-order valence-electron chi connectivity index (χ2n) is 5.81. The van der Waals surface area contributed by atoms with E-state index in [2.05, 4.69) is 10.1 Å². The highest BCUT2D eigenvalue weighted by atomic mass is 16.5. The summed E-state index contributed by atoms with van der Waals surface area (Å²) < 4.78 is 5.32. The van der Waals surface area contributed by atoms with E-state index < -0.39 is 0 Å². The van der Waals surface area contributed by atoms with Crippen LogP contribution in [-0.4, -0.2) is 27.5 Å². The van der Waals surface area contributed by atoms with Crippen LogP contribution in [-0.2, 0) is 11.3 Å². The summed E-state index contributed by atoms with van der Waals surface area (Å²) in [6.07, 6.45) is 0.451. The molecule has 2 heterocycles. The van der Waals surface area contributed by atoms with Gasteiger partial charge in [0.05, 0.1) is 5.92 Å². The molecule has 0 bridgehead atoms. The quantitative estimate of drug-likeness (QED) is 0.866. The van der Waals surface area contributed by atoms with Crippen LogP contribution in [0.25, 0.3) is 0 Å². The number of carbonyl (C=O) groups excluding carboxylic acids is 1. The number of nitrogens with zero attached hydrogens (tertiary/aromatic N) is 3. The van der Waals surface area contributed by atoms with Crippen LogP contribution in [0.2, 0.25) is 0 Å². The van der Waals surface area contributed by atoms with Crippen molar-refractivity contribution >= 4 is 5.91 Å². The first-order valence-corrected chi connectivity index (χ1v) is 7.28. The van der Waals surface area contributed by atoms with Crippen LogP contribution >= 0.6 is 0 Å². The van der Waals surface area contributed by atoms with Crippen LogP contribution in [0.1, 0.15) is 49.4 Å². The molecular weight excluding hydrogens is 266 g/mol. The lowest BCUT2D eigenvalue weighted by molar-refractivity contribution is -0.128. The molecule has 21 heavy (non-hydrogen) atoms. The van der Waals surface area contributed by atoms with Gasteiger partial charge in [-0.2, -0.15) is 4.98 Å². The topological polar surface area (TPSA) is 59.2 Å². The predicted octanol–water partition coefficient (Wildman–Crippen LogP) is 2.71. The van der Waals surface area contributed by atoms with Crippen molar-refractivity contribution in [3.63, 3.8) is 0 Å². The van der Waals surface area contributed by atoms with Crippen LogP contribution in [0.5, 0.6) is 0 Å². The lowest BCUT2D eigenvalue weighted by Crippen LogP contribution is -2.24. The maximum Gasteiger partial charge on any atom is 0.232 e. The first-order chi connectivity index (χ1) is 10.1. The van der Waals surface area contributed by atoms with Gasteiger partial charge in [-0.15, -0.1) is 0 Å². The highest BCUT2D eigenvalue weighted by Gasteiger charge is 2.34. The van der Waals surface area contributed by atoms with E-state index in [0.717, 1.165) is 5.56 Å². The number of carbonyl (C=O) groups is 1. The van der Waals surface area contributed by atoms with E-state index in [-0.39, 0.29) is 17.7 Å². The van der Waals surface area contributed by atoms with Crippen LogP contribution in [0, 0.1) is 0 Å². The van der Waals surface area contributed by atoms with Crippen molar-refractivity contribution in [3.8, 4) is 0 Å². The van der Waals surface area contributed by atoms with Crippen LogP contribution in [0.4, 0.5) is 0 Å². The molecule has 3 rings (SSSR count). The molecule has 0 saturated carbocycles. The molecule has 1 aliphatic heterocycles. The van der Waals surface area contributed by atoms with Gasteiger partial charge in [-0.25, -0.2) is 0 Å². The van der Waals surface area contributed by atoms with Crippen molar-refractivity contribution < 1.29 is 9.32 Å². The maximum atomic E-state index is 12.1. The van der Waals surface area contributed by atoms with Crippen LogP contribution in [0.3, 0.4) is 0 Å². The monoisotopic (exact) mass is 285 g/mol. The van der Waals surface area contributed by atoms with E-state index in [0.29, 0.717) is 31.2 Å². The molecule has 1 aromatic heterocycles. The number of aromatic nitrogens is 2. The van der Waals surface area contributed by atoms with Gasteiger partial charge in [0, 0.05) is 25.4 Å². The minimum absolute atomic E-state index is 0.0150. The molecule has 1 atom stereocenters. The van der Waals surface area contributed by atoms with Crippen LogP contribution in [0.15, 0.2) is 34.9 Å². The van der Waals surface area contributed by atoms with Gasteiger partial charge in [0.25, 0.3) is 0 Å². The molecule has 5 nitrogen and oxygen atoms in total. The van der Waals surface area contributed by atoms with Gasteiger partial charge in [-0.05, 0) is 5.56 Å². The molecule has 1 amide bonds. The summed E-state index contributed by atoms with van der Waals surface area (Å²) in [5.41, 5.74) is 1.14. The fourth-order valence-corrected chi connectivity index (χ4v) is 2.54. The Labute approximate surface area is 124 Å². The molecule has 110 valence electrons. The van der Waals surface area contributed by atoms with Gasteiger partial charge in [0.15, 0.2) is 5.82 Å². The average molecular weight is 285 g/mol. The number of likely N-dealkylation sites (tertiary alicyclic amines) is 1. The minimum atomic E-state index is 0.0150. The molecule has 5 heteroatoms. The Bertz CT molecular complexity index is 621. The average Bonchev–Trinajstić information content (AvgIpc) is 3.08. The minimum Gasteiger partial charge on any atom is -0.339 e. The Morgan fingerprint density at radius 1 is 1.33 bits per heavy atom. The fraction of sp³-hybridized carbons (Fsp3) is 0.438. The highest BCUT2D eigenvalue weighted by Crippen LogP contribution is 2.28. The van der Waals surface area contributed by atoms with E-state index in [9.17, 15) is 4.79 Å². The normalized spacial score (nSPS) is 18.7. The molecule has 1 fully saturated rings. The predicted molar refractivity (Wildman–Crippen MR) is 77.6 cm³/mol. The molecule has 0 N–H and O–H groups in total. The Kier molecular flexibility index (Phi) is 3.73. The van der Waals surface area contributed by atoms with Gasteiger partial charge < -0.3 is 9.42 Å². The third-order valence-electron chi connectivity index (χ3n) is 3.75. The lowest BCUT2D eigenvalue weighted by Gasteiger charge is -2.15. The molecule has 2 aromatic rings. The van der Waals surface area contributed by atoms with Crippen molar-refractivity contribution in [2.45, 2.75) is 38.6 Å². The van der Waals surface area contributed by atoms with Crippen molar-refractivity contribution in [2.24, 2.45) is 0 Å². The summed E-state index contributed by atoms with van der Waals surface area (Å²) in [5.74, 6) is 1.69. The second kappa shape index (κ2) is 5.68. The van der Waals surface area contributed by atoms with E-state index in [4.69, 9.17) is 4.52 Å². The third kappa shape index (κ3) is 2.96. The molecular formula is C16H19N3O2. The Morgan fingerprint density at radius 3 is 2.76 bits per heavy atom. The van der Waals surface area contributed by atoms with Gasteiger partial charge in [0.2, 0.25) is 11.8 Å². The zero-order chi connectivity index (χ0) is 14.8. The van der Waals surface area contributed by atoms with E-state index in [1.165, 1.54) is 0 Å². The molecule has 0 radical (unpaired) electrons. The van der Waals surface area contributed by atoms with Crippen molar-refractivity contribution in [3.05, 3.63) is 47.6 Å².